The van der Waals surface area contributed by atoms with Gasteiger partial charge in [-0.1, -0.05) is 18.5 Å². The Morgan fingerprint density at radius 1 is 1.35 bits per heavy atom. The number of halogens is 1. The second-order valence-corrected chi connectivity index (χ2v) is 4.82. The number of nitrogens with one attached hydrogen (secondary N) is 1. The Balaban J connectivity index is 2.31. The third kappa shape index (κ3) is 3.08. The van der Waals surface area contributed by atoms with Gasteiger partial charge in [0.1, 0.15) is 17.3 Å². The van der Waals surface area contributed by atoms with Crippen LogP contribution in [0.4, 0.5) is 0 Å². The van der Waals surface area contributed by atoms with Crippen molar-refractivity contribution in [3.63, 3.8) is 0 Å². The summed E-state index contributed by atoms with van der Waals surface area (Å²) in [6.07, 6.45) is 0.788. The number of benzene rings is 1. The Hall–Kier alpha value is -2.07. The number of amidine groups is 1. The van der Waals surface area contributed by atoms with Crippen molar-refractivity contribution in [1.82, 2.24) is 4.98 Å². The zero-order chi connectivity index (χ0) is 14.7. The zero-order valence-electron chi connectivity index (χ0n) is 11.4. The number of rotatable bonds is 4. The molecule has 3 N–H and O–H groups in total. The van der Waals surface area contributed by atoms with Gasteiger partial charge in [0.05, 0.1) is 10.7 Å². The number of aromatic nitrogens is 1. The lowest BCUT2D eigenvalue weighted by molar-refractivity contribution is 0.473. The van der Waals surface area contributed by atoms with Gasteiger partial charge in [0.15, 0.2) is 0 Å². The average molecular weight is 290 g/mol. The summed E-state index contributed by atoms with van der Waals surface area (Å²) in [7, 11) is 0. The molecule has 4 nitrogen and oxygen atoms in total. The van der Waals surface area contributed by atoms with Gasteiger partial charge < -0.3 is 10.5 Å². The Morgan fingerprint density at radius 3 is 2.70 bits per heavy atom. The van der Waals surface area contributed by atoms with E-state index in [-0.39, 0.29) is 5.84 Å². The van der Waals surface area contributed by atoms with Crippen molar-refractivity contribution in [1.29, 1.82) is 5.41 Å². The summed E-state index contributed by atoms with van der Waals surface area (Å²) in [5, 5.41) is 7.79. The van der Waals surface area contributed by atoms with E-state index in [9.17, 15) is 0 Å². The normalized spacial score (nSPS) is 10.3. The maximum absolute atomic E-state index is 7.40. The summed E-state index contributed by atoms with van der Waals surface area (Å²) in [6.45, 7) is 3.97. The largest absolute Gasteiger partial charge is 0.455 e. The molecule has 0 aliphatic rings. The molecule has 0 saturated carbocycles. The maximum atomic E-state index is 7.40. The van der Waals surface area contributed by atoms with E-state index in [2.05, 4.69) is 4.98 Å². The molecule has 0 bridgehead atoms. The average Bonchev–Trinajstić information content (AvgIpc) is 2.40. The van der Waals surface area contributed by atoms with Crippen LogP contribution in [0.25, 0.3) is 0 Å². The number of pyridine rings is 1. The van der Waals surface area contributed by atoms with E-state index in [1.54, 1.807) is 18.2 Å². The van der Waals surface area contributed by atoms with Gasteiger partial charge in [-0.25, -0.2) is 0 Å². The van der Waals surface area contributed by atoms with E-state index in [0.717, 1.165) is 17.8 Å². The zero-order valence-corrected chi connectivity index (χ0v) is 12.2. The van der Waals surface area contributed by atoms with Gasteiger partial charge in [0.2, 0.25) is 0 Å². The fourth-order valence-electron chi connectivity index (χ4n) is 1.85. The van der Waals surface area contributed by atoms with Gasteiger partial charge in [-0.2, -0.15) is 0 Å². The molecule has 0 spiro atoms. The molecule has 0 radical (unpaired) electrons. The van der Waals surface area contributed by atoms with Gasteiger partial charge in [0.25, 0.3) is 0 Å². The van der Waals surface area contributed by atoms with Crippen molar-refractivity contribution in [2.24, 2.45) is 5.73 Å². The Morgan fingerprint density at radius 2 is 2.10 bits per heavy atom. The second kappa shape index (κ2) is 5.92. The lowest BCUT2D eigenvalue weighted by atomic mass is 10.2. The molecule has 1 heterocycles. The van der Waals surface area contributed by atoms with E-state index >= 15 is 0 Å². The van der Waals surface area contributed by atoms with Crippen molar-refractivity contribution in [2.75, 3.05) is 0 Å². The van der Waals surface area contributed by atoms with Crippen LogP contribution in [0.1, 0.15) is 23.9 Å². The van der Waals surface area contributed by atoms with E-state index in [4.69, 9.17) is 27.5 Å². The minimum absolute atomic E-state index is 0.0622. The SMILES string of the molecule is CCc1nc(C)ccc1Oc1ccc(C(=N)N)c(Cl)c1. The number of hydrogen-bond donors (Lipinski definition) is 2. The molecule has 0 aliphatic heterocycles. The number of nitrogen functional groups attached to an aromatic ring is 1. The Bertz CT molecular complexity index is 656. The molecule has 0 atom stereocenters. The fourth-order valence-corrected chi connectivity index (χ4v) is 2.12. The first-order valence-electron chi connectivity index (χ1n) is 6.29. The predicted octanol–water partition coefficient (Wildman–Crippen LogP) is 3.68. The molecule has 1 aromatic carbocycles. The number of nitrogens with two attached hydrogens (primary N) is 1. The van der Waals surface area contributed by atoms with Gasteiger partial charge >= 0.3 is 0 Å². The topological polar surface area (TPSA) is 72.0 Å². The van der Waals surface area contributed by atoms with E-state index in [0.29, 0.717) is 22.1 Å². The molecular formula is C15H16ClN3O. The lowest BCUT2D eigenvalue weighted by Gasteiger charge is -2.11. The van der Waals surface area contributed by atoms with Crippen LogP contribution in [-0.2, 0) is 6.42 Å². The molecule has 0 unspecified atom stereocenters. The number of ether oxygens (including phenoxy) is 1. The number of nitrogens with zero attached hydrogens (tertiary/aromatic N) is 1. The van der Waals surface area contributed by atoms with Gasteiger partial charge in [-0.15, -0.1) is 0 Å². The van der Waals surface area contributed by atoms with Gasteiger partial charge in [-0.3, -0.25) is 10.4 Å². The smallest absolute Gasteiger partial charge is 0.148 e. The van der Waals surface area contributed by atoms with Crippen LogP contribution in [-0.4, -0.2) is 10.8 Å². The summed E-state index contributed by atoms with van der Waals surface area (Å²) >= 11 is 6.07. The predicted molar refractivity (Wildman–Crippen MR) is 80.9 cm³/mol. The molecule has 5 heteroatoms. The number of hydrogen-bond acceptors (Lipinski definition) is 3. The molecular weight excluding hydrogens is 274 g/mol. The van der Waals surface area contributed by atoms with Crippen molar-refractivity contribution in [3.8, 4) is 11.5 Å². The first-order valence-corrected chi connectivity index (χ1v) is 6.67. The third-order valence-electron chi connectivity index (χ3n) is 2.87. The summed E-state index contributed by atoms with van der Waals surface area (Å²) < 4.78 is 5.81. The van der Waals surface area contributed by atoms with Crippen molar-refractivity contribution >= 4 is 17.4 Å². The van der Waals surface area contributed by atoms with Crippen LogP contribution >= 0.6 is 11.6 Å². The number of aryl methyl sites for hydroxylation is 2. The second-order valence-electron chi connectivity index (χ2n) is 4.41. The molecule has 1 aromatic heterocycles. The highest BCUT2D eigenvalue weighted by Gasteiger charge is 2.08. The fraction of sp³-hybridized carbons (Fsp3) is 0.200. The maximum Gasteiger partial charge on any atom is 0.148 e. The van der Waals surface area contributed by atoms with Crippen molar-refractivity contribution in [3.05, 3.63) is 52.3 Å². The highest BCUT2D eigenvalue weighted by molar-refractivity contribution is 6.34. The van der Waals surface area contributed by atoms with Crippen molar-refractivity contribution < 1.29 is 4.74 Å². The van der Waals surface area contributed by atoms with Crippen LogP contribution in [0.2, 0.25) is 5.02 Å². The standard InChI is InChI=1S/C15H16ClN3O/c1-3-13-14(7-4-9(2)19-13)20-10-5-6-11(15(17)18)12(16)8-10/h4-8H,3H2,1-2H3,(H3,17,18). The first kappa shape index (κ1) is 14.3. The molecule has 0 saturated heterocycles. The van der Waals surface area contributed by atoms with E-state index in [1.165, 1.54) is 0 Å². The third-order valence-corrected chi connectivity index (χ3v) is 3.18. The van der Waals surface area contributed by atoms with Gasteiger partial charge in [0, 0.05) is 17.3 Å². The molecule has 0 aliphatic carbocycles. The monoisotopic (exact) mass is 289 g/mol. The van der Waals surface area contributed by atoms with Crippen LogP contribution in [0.5, 0.6) is 11.5 Å². The Labute approximate surface area is 123 Å². The summed E-state index contributed by atoms with van der Waals surface area (Å²) in [6, 6.07) is 8.86. The summed E-state index contributed by atoms with van der Waals surface area (Å²) in [4.78, 5) is 4.44. The summed E-state index contributed by atoms with van der Waals surface area (Å²) in [5.74, 6) is 1.25. The molecule has 2 rings (SSSR count). The molecule has 20 heavy (non-hydrogen) atoms. The minimum atomic E-state index is -0.0622. The van der Waals surface area contributed by atoms with E-state index in [1.807, 2.05) is 26.0 Å². The lowest BCUT2D eigenvalue weighted by Crippen LogP contribution is -2.11. The first-order chi connectivity index (χ1) is 9.51. The van der Waals surface area contributed by atoms with Gasteiger partial charge in [-0.05, 0) is 37.6 Å². The van der Waals surface area contributed by atoms with E-state index < -0.39 is 0 Å². The quantitative estimate of drug-likeness (QED) is 0.666. The molecule has 0 amide bonds. The summed E-state index contributed by atoms with van der Waals surface area (Å²) in [5.41, 5.74) is 7.78. The van der Waals surface area contributed by atoms with Crippen LogP contribution in [0, 0.1) is 12.3 Å². The van der Waals surface area contributed by atoms with Crippen LogP contribution < -0.4 is 10.5 Å². The minimum Gasteiger partial charge on any atom is -0.455 e. The van der Waals surface area contributed by atoms with Crippen molar-refractivity contribution in [2.45, 2.75) is 20.3 Å². The highest BCUT2D eigenvalue weighted by Crippen LogP contribution is 2.28. The van der Waals surface area contributed by atoms with Crippen LogP contribution in [0.15, 0.2) is 30.3 Å². The van der Waals surface area contributed by atoms with Crippen LogP contribution in [0.3, 0.4) is 0 Å². The Kier molecular flexibility index (Phi) is 4.25. The molecule has 0 fully saturated rings. The molecule has 2 aromatic rings. The molecule has 104 valence electrons. The highest BCUT2D eigenvalue weighted by atomic mass is 35.5.